The SMILES string of the molecule is CC(=O)N[C@@H](Cc1ccccc1)C(=O)N[C@H](Cc1ccccc1)C(=O)O. The van der Waals surface area contributed by atoms with Gasteiger partial charge in [-0.15, -0.1) is 0 Å². The van der Waals surface area contributed by atoms with Crippen LogP contribution in [0.2, 0.25) is 0 Å². The second-order valence-electron chi connectivity index (χ2n) is 6.03. The van der Waals surface area contributed by atoms with E-state index in [0.29, 0.717) is 0 Å². The van der Waals surface area contributed by atoms with Crippen LogP contribution in [0, 0.1) is 0 Å². The van der Waals surface area contributed by atoms with Crippen molar-refractivity contribution in [3.8, 4) is 0 Å². The standard InChI is InChI=1S/C20H22N2O4/c1-14(23)21-17(12-15-8-4-2-5-9-15)19(24)22-18(20(25)26)13-16-10-6-3-7-11-16/h2-11,17-18H,12-13H2,1H3,(H,21,23)(H,22,24)(H,25,26)/t17-,18+/m0/s1. The molecule has 26 heavy (non-hydrogen) atoms. The molecule has 6 heteroatoms. The number of carbonyl (C=O) groups excluding carboxylic acids is 2. The van der Waals surface area contributed by atoms with Crippen LogP contribution >= 0.6 is 0 Å². The topological polar surface area (TPSA) is 95.5 Å². The van der Waals surface area contributed by atoms with Gasteiger partial charge in [-0.2, -0.15) is 0 Å². The van der Waals surface area contributed by atoms with E-state index < -0.39 is 24.0 Å². The molecule has 0 saturated carbocycles. The zero-order chi connectivity index (χ0) is 18.9. The minimum atomic E-state index is -1.12. The Balaban J connectivity index is 2.09. The first-order chi connectivity index (χ1) is 12.5. The van der Waals surface area contributed by atoms with Gasteiger partial charge in [0.25, 0.3) is 0 Å². The van der Waals surface area contributed by atoms with Crippen molar-refractivity contribution in [1.29, 1.82) is 0 Å². The van der Waals surface area contributed by atoms with E-state index in [9.17, 15) is 19.5 Å². The van der Waals surface area contributed by atoms with Gasteiger partial charge in [-0.05, 0) is 11.1 Å². The number of carbonyl (C=O) groups is 3. The monoisotopic (exact) mass is 354 g/mol. The highest BCUT2D eigenvalue weighted by molar-refractivity contribution is 5.90. The van der Waals surface area contributed by atoms with Crippen LogP contribution in [0.5, 0.6) is 0 Å². The predicted octanol–water partition coefficient (Wildman–Crippen LogP) is 1.55. The number of carboxylic acid groups (broad SMARTS) is 1. The molecule has 0 heterocycles. The number of hydrogen-bond donors (Lipinski definition) is 3. The van der Waals surface area contributed by atoms with Crippen LogP contribution in [-0.4, -0.2) is 35.0 Å². The second kappa shape index (κ2) is 9.36. The molecule has 0 bridgehead atoms. The fraction of sp³-hybridized carbons (Fsp3) is 0.250. The van der Waals surface area contributed by atoms with Crippen LogP contribution in [-0.2, 0) is 27.2 Å². The summed E-state index contributed by atoms with van der Waals surface area (Å²) >= 11 is 0. The molecule has 0 saturated heterocycles. The Morgan fingerprint density at radius 3 is 1.69 bits per heavy atom. The molecule has 0 aliphatic carbocycles. The van der Waals surface area contributed by atoms with E-state index in [-0.39, 0.29) is 18.7 Å². The first-order valence-corrected chi connectivity index (χ1v) is 8.34. The third kappa shape index (κ3) is 6.05. The van der Waals surface area contributed by atoms with Crippen LogP contribution in [0.4, 0.5) is 0 Å². The van der Waals surface area contributed by atoms with E-state index in [4.69, 9.17) is 0 Å². The lowest BCUT2D eigenvalue weighted by Crippen LogP contribution is -2.52. The first kappa shape index (κ1) is 19.2. The van der Waals surface area contributed by atoms with Crippen molar-refractivity contribution in [2.24, 2.45) is 0 Å². The van der Waals surface area contributed by atoms with Crippen molar-refractivity contribution < 1.29 is 19.5 Å². The van der Waals surface area contributed by atoms with Crippen molar-refractivity contribution in [3.63, 3.8) is 0 Å². The summed E-state index contributed by atoms with van der Waals surface area (Å²) in [5, 5.41) is 14.6. The summed E-state index contributed by atoms with van der Waals surface area (Å²) in [5.41, 5.74) is 1.68. The van der Waals surface area contributed by atoms with E-state index >= 15 is 0 Å². The van der Waals surface area contributed by atoms with Crippen LogP contribution < -0.4 is 10.6 Å². The maximum Gasteiger partial charge on any atom is 0.326 e. The van der Waals surface area contributed by atoms with Gasteiger partial charge in [0.1, 0.15) is 12.1 Å². The van der Waals surface area contributed by atoms with Gasteiger partial charge < -0.3 is 15.7 Å². The Morgan fingerprint density at radius 1 is 0.808 bits per heavy atom. The lowest BCUT2D eigenvalue weighted by Gasteiger charge is -2.21. The molecule has 0 fully saturated rings. The second-order valence-corrected chi connectivity index (χ2v) is 6.03. The molecule has 2 atom stereocenters. The number of aliphatic carboxylic acids is 1. The van der Waals surface area contributed by atoms with Gasteiger partial charge in [0.05, 0.1) is 0 Å². The minimum Gasteiger partial charge on any atom is -0.480 e. The zero-order valence-electron chi connectivity index (χ0n) is 14.5. The zero-order valence-corrected chi connectivity index (χ0v) is 14.5. The van der Waals surface area contributed by atoms with Crippen molar-refractivity contribution in [2.45, 2.75) is 31.8 Å². The predicted molar refractivity (Wildman–Crippen MR) is 97.5 cm³/mol. The summed E-state index contributed by atoms with van der Waals surface area (Å²) in [6.45, 7) is 1.32. The van der Waals surface area contributed by atoms with Gasteiger partial charge in [0.2, 0.25) is 11.8 Å². The third-order valence-corrected chi connectivity index (χ3v) is 3.87. The largest absolute Gasteiger partial charge is 0.480 e. The van der Waals surface area contributed by atoms with E-state index in [2.05, 4.69) is 10.6 Å². The number of carboxylic acids is 1. The van der Waals surface area contributed by atoms with Crippen LogP contribution in [0.3, 0.4) is 0 Å². The lowest BCUT2D eigenvalue weighted by atomic mass is 10.0. The Labute approximate surface area is 152 Å². The average Bonchev–Trinajstić information content (AvgIpc) is 2.62. The molecule has 0 aliphatic heterocycles. The third-order valence-electron chi connectivity index (χ3n) is 3.87. The minimum absolute atomic E-state index is 0.167. The highest BCUT2D eigenvalue weighted by atomic mass is 16.4. The van der Waals surface area contributed by atoms with Gasteiger partial charge in [-0.3, -0.25) is 9.59 Å². The fourth-order valence-corrected chi connectivity index (χ4v) is 2.63. The normalized spacial score (nSPS) is 12.7. The molecule has 2 aromatic rings. The van der Waals surface area contributed by atoms with Crippen molar-refractivity contribution in [1.82, 2.24) is 10.6 Å². The molecular formula is C20H22N2O4. The molecule has 0 aromatic heterocycles. The number of rotatable bonds is 8. The van der Waals surface area contributed by atoms with Gasteiger partial charge in [0, 0.05) is 19.8 Å². The van der Waals surface area contributed by atoms with E-state index in [1.54, 1.807) is 12.1 Å². The molecule has 0 aliphatic rings. The molecule has 2 rings (SSSR count). The number of amides is 2. The summed E-state index contributed by atoms with van der Waals surface area (Å²) in [5.74, 6) is -1.99. The van der Waals surface area contributed by atoms with Gasteiger partial charge in [-0.25, -0.2) is 4.79 Å². The van der Waals surface area contributed by atoms with Gasteiger partial charge in [0.15, 0.2) is 0 Å². The van der Waals surface area contributed by atoms with Crippen molar-refractivity contribution in [2.75, 3.05) is 0 Å². The Morgan fingerprint density at radius 2 is 1.27 bits per heavy atom. The van der Waals surface area contributed by atoms with E-state index in [1.807, 2.05) is 48.5 Å². The quantitative estimate of drug-likeness (QED) is 0.670. The van der Waals surface area contributed by atoms with Crippen molar-refractivity contribution >= 4 is 17.8 Å². The van der Waals surface area contributed by atoms with Gasteiger partial charge in [-0.1, -0.05) is 60.7 Å². The molecule has 136 valence electrons. The summed E-state index contributed by atoms with van der Waals surface area (Å²) < 4.78 is 0. The number of hydrogen-bond acceptors (Lipinski definition) is 3. The summed E-state index contributed by atoms with van der Waals surface area (Å²) in [6, 6.07) is 16.4. The first-order valence-electron chi connectivity index (χ1n) is 8.34. The summed E-state index contributed by atoms with van der Waals surface area (Å²) in [6.07, 6.45) is 0.448. The van der Waals surface area contributed by atoms with Crippen LogP contribution in [0.15, 0.2) is 60.7 Å². The molecular weight excluding hydrogens is 332 g/mol. The maximum atomic E-state index is 12.6. The van der Waals surface area contributed by atoms with Gasteiger partial charge >= 0.3 is 5.97 Å². The number of nitrogens with one attached hydrogen (secondary N) is 2. The van der Waals surface area contributed by atoms with Crippen LogP contribution in [0.1, 0.15) is 18.1 Å². The van der Waals surface area contributed by atoms with E-state index in [0.717, 1.165) is 11.1 Å². The highest BCUT2D eigenvalue weighted by Gasteiger charge is 2.26. The number of benzene rings is 2. The smallest absolute Gasteiger partial charge is 0.326 e. The summed E-state index contributed by atoms with van der Waals surface area (Å²) in [7, 11) is 0. The Bertz CT molecular complexity index is 747. The van der Waals surface area contributed by atoms with Crippen LogP contribution in [0.25, 0.3) is 0 Å². The molecule has 3 N–H and O–H groups in total. The molecule has 0 unspecified atom stereocenters. The van der Waals surface area contributed by atoms with Crippen molar-refractivity contribution in [3.05, 3.63) is 71.8 Å². The molecule has 0 spiro atoms. The maximum absolute atomic E-state index is 12.6. The Kier molecular flexibility index (Phi) is 6.91. The molecule has 2 aromatic carbocycles. The Hall–Kier alpha value is -3.15. The highest BCUT2D eigenvalue weighted by Crippen LogP contribution is 2.07. The van der Waals surface area contributed by atoms with E-state index in [1.165, 1.54) is 6.92 Å². The average molecular weight is 354 g/mol. The summed E-state index contributed by atoms with van der Waals surface area (Å²) in [4.78, 5) is 35.6. The molecule has 2 amide bonds. The fourth-order valence-electron chi connectivity index (χ4n) is 2.63. The molecule has 6 nitrogen and oxygen atoms in total. The lowest BCUT2D eigenvalue weighted by molar-refractivity contribution is -0.142. The molecule has 0 radical (unpaired) electrons.